The fourth-order valence-electron chi connectivity index (χ4n) is 1.31. The highest BCUT2D eigenvalue weighted by Gasteiger charge is 2.01. The standard InChI is InChI=1S/C8H5N5/c1-2-6-4-10-8-12-11-5-13(8)7(6)9-3-1/h1-5H. The molecule has 3 heterocycles. The molecule has 3 aromatic heterocycles. The molecule has 0 atom stereocenters. The lowest BCUT2D eigenvalue weighted by Crippen LogP contribution is -1.91. The van der Waals surface area contributed by atoms with Crippen LogP contribution < -0.4 is 0 Å². The zero-order valence-electron chi connectivity index (χ0n) is 6.62. The highest BCUT2D eigenvalue weighted by atomic mass is 15.3. The largest absolute Gasteiger partial charge is 0.256 e. The van der Waals surface area contributed by atoms with E-state index in [0.717, 1.165) is 11.0 Å². The number of aromatic nitrogens is 5. The first-order valence-electron chi connectivity index (χ1n) is 3.84. The van der Waals surface area contributed by atoms with Gasteiger partial charge in [0.15, 0.2) is 0 Å². The molecule has 3 rings (SSSR count). The summed E-state index contributed by atoms with van der Waals surface area (Å²) in [4.78, 5) is 8.34. The Morgan fingerprint density at radius 1 is 1.23 bits per heavy atom. The number of rotatable bonds is 0. The summed E-state index contributed by atoms with van der Waals surface area (Å²) in [5.74, 6) is 0.575. The van der Waals surface area contributed by atoms with Crippen LogP contribution in [-0.2, 0) is 0 Å². The van der Waals surface area contributed by atoms with Crippen LogP contribution in [0.4, 0.5) is 0 Å². The molecule has 0 saturated carbocycles. The van der Waals surface area contributed by atoms with Gasteiger partial charge in [0.05, 0.1) is 0 Å². The second-order valence-corrected chi connectivity index (χ2v) is 2.68. The fraction of sp³-hybridized carbons (Fsp3) is 0. The average Bonchev–Trinajstić information content (AvgIpc) is 2.65. The molecular weight excluding hydrogens is 166 g/mol. The minimum Gasteiger partial charge on any atom is -0.249 e. The summed E-state index contributed by atoms with van der Waals surface area (Å²) in [5.41, 5.74) is 0.831. The Morgan fingerprint density at radius 2 is 2.23 bits per heavy atom. The molecule has 5 heteroatoms. The van der Waals surface area contributed by atoms with Crippen LogP contribution in [0.3, 0.4) is 0 Å². The lowest BCUT2D eigenvalue weighted by molar-refractivity contribution is 1.10. The summed E-state index contributed by atoms with van der Waals surface area (Å²) in [6, 6.07) is 3.83. The molecule has 0 aliphatic heterocycles. The Hall–Kier alpha value is -2.04. The first-order valence-corrected chi connectivity index (χ1v) is 3.84. The number of pyridine rings is 1. The van der Waals surface area contributed by atoms with Crippen molar-refractivity contribution in [1.29, 1.82) is 0 Å². The molecule has 3 aromatic rings. The lowest BCUT2D eigenvalue weighted by Gasteiger charge is -1.96. The predicted molar refractivity (Wildman–Crippen MR) is 46.1 cm³/mol. The third-order valence-corrected chi connectivity index (χ3v) is 1.89. The van der Waals surface area contributed by atoms with E-state index in [1.807, 2.05) is 12.1 Å². The number of hydrogen-bond acceptors (Lipinski definition) is 4. The Balaban J connectivity index is 2.65. The van der Waals surface area contributed by atoms with Gasteiger partial charge in [0, 0.05) is 17.8 Å². The maximum absolute atomic E-state index is 4.22. The van der Waals surface area contributed by atoms with Gasteiger partial charge in [0.1, 0.15) is 12.0 Å². The van der Waals surface area contributed by atoms with Crippen LogP contribution in [0.2, 0.25) is 0 Å². The van der Waals surface area contributed by atoms with Crippen molar-refractivity contribution in [3.05, 3.63) is 30.9 Å². The van der Waals surface area contributed by atoms with Crippen LogP contribution in [0, 0.1) is 0 Å². The average molecular weight is 171 g/mol. The van der Waals surface area contributed by atoms with Crippen LogP contribution in [-0.4, -0.2) is 24.6 Å². The van der Waals surface area contributed by atoms with Crippen LogP contribution in [0.1, 0.15) is 0 Å². The number of hydrogen-bond donors (Lipinski definition) is 0. The Bertz CT molecular complexity index is 571. The van der Waals surface area contributed by atoms with Crippen LogP contribution in [0.5, 0.6) is 0 Å². The van der Waals surface area contributed by atoms with Gasteiger partial charge in [-0.2, -0.15) is 0 Å². The molecule has 0 bridgehead atoms. The van der Waals surface area contributed by atoms with Crippen molar-refractivity contribution in [3.63, 3.8) is 0 Å². The van der Waals surface area contributed by atoms with Crippen molar-refractivity contribution in [2.45, 2.75) is 0 Å². The monoisotopic (exact) mass is 171 g/mol. The topological polar surface area (TPSA) is 56.0 Å². The van der Waals surface area contributed by atoms with Crippen molar-refractivity contribution in [1.82, 2.24) is 24.6 Å². The first kappa shape index (κ1) is 6.47. The molecule has 0 radical (unpaired) electrons. The van der Waals surface area contributed by atoms with E-state index in [2.05, 4.69) is 20.2 Å². The van der Waals surface area contributed by atoms with Crippen LogP contribution >= 0.6 is 0 Å². The second-order valence-electron chi connectivity index (χ2n) is 2.68. The zero-order valence-corrected chi connectivity index (χ0v) is 6.62. The smallest absolute Gasteiger partial charge is 0.249 e. The predicted octanol–water partition coefficient (Wildman–Crippen LogP) is 0.672. The number of nitrogens with zero attached hydrogens (tertiary/aromatic N) is 5. The quantitative estimate of drug-likeness (QED) is 0.499. The molecule has 0 fully saturated rings. The van der Waals surface area contributed by atoms with E-state index in [-0.39, 0.29) is 0 Å². The van der Waals surface area contributed by atoms with Gasteiger partial charge in [-0.05, 0) is 12.1 Å². The molecule has 62 valence electrons. The maximum Gasteiger partial charge on any atom is 0.256 e. The van der Waals surface area contributed by atoms with E-state index in [4.69, 9.17) is 0 Å². The van der Waals surface area contributed by atoms with Crippen molar-refractivity contribution in [2.24, 2.45) is 0 Å². The normalized spacial score (nSPS) is 11.1. The van der Waals surface area contributed by atoms with E-state index in [0.29, 0.717) is 5.78 Å². The minimum absolute atomic E-state index is 0.575. The molecule has 0 spiro atoms. The molecule has 5 nitrogen and oxygen atoms in total. The van der Waals surface area contributed by atoms with Gasteiger partial charge in [-0.3, -0.25) is 0 Å². The van der Waals surface area contributed by atoms with Crippen molar-refractivity contribution in [2.75, 3.05) is 0 Å². The summed E-state index contributed by atoms with van der Waals surface area (Å²) >= 11 is 0. The summed E-state index contributed by atoms with van der Waals surface area (Å²) in [7, 11) is 0. The van der Waals surface area contributed by atoms with Crippen molar-refractivity contribution in [3.8, 4) is 0 Å². The lowest BCUT2D eigenvalue weighted by atomic mass is 10.3. The summed E-state index contributed by atoms with van der Waals surface area (Å²) in [5, 5.41) is 8.57. The van der Waals surface area contributed by atoms with E-state index in [1.54, 1.807) is 23.1 Å². The summed E-state index contributed by atoms with van der Waals surface area (Å²) < 4.78 is 1.76. The van der Waals surface area contributed by atoms with Crippen molar-refractivity contribution >= 4 is 16.8 Å². The van der Waals surface area contributed by atoms with Gasteiger partial charge in [-0.25, -0.2) is 14.4 Å². The molecule has 0 amide bonds. The summed E-state index contributed by atoms with van der Waals surface area (Å²) in [6.07, 6.45) is 5.09. The Labute approximate surface area is 73.1 Å². The molecular formula is C8H5N5. The van der Waals surface area contributed by atoms with Crippen LogP contribution in [0.15, 0.2) is 30.9 Å². The van der Waals surface area contributed by atoms with Gasteiger partial charge in [0.25, 0.3) is 5.78 Å². The molecule has 0 saturated heterocycles. The minimum atomic E-state index is 0.575. The molecule has 0 N–H and O–H groups in total. The van der Waals surface area contributed by atoms with Crippen LogP contribution in [0.25, 0.3) is 16.8 Å². The van der Waals surface area contributed by atoms with Gasteiger partial charge in [-0.1, -0.05) is 0 Å². The van der Waals surface area contributed by atoms with E-state index in [1.165, 1.54) is 0 Å². The molecule has 13 heavy (non-hydrogen) atoms. The van der Waals surface area contributed by atoms with Gasteiger partial charge < -0.3 is 0 Å². The third-order valence-electron chi connectivity index (χ3n) is 1.89. The second kappa shape index (κ2) is 2.22. The summed E-state index contributed by atoms with van der Waals surface area (Å²) in [6.45, 7) is 0. The Morgan fingerprint density at radius 3 is 3.23 bits per heavy atom. The van der Waals surface area contributed by atoms with Gasteiger partial charge in [0.2, 0.25) is 0 Å². The van der Waals surface area contributed by atoms with E-state index < -0.39 is 0 Å². The van der Waals surface area contributed by atoms with Gasteiger partial charge >= 0.3 is 0 Å². The number of fused-ring (bicyclic) bond motifs is 3. The highest BCUT2D eigenvalue weighted by molar-refractivity contribution is 5.75. The molecule has 0 aliphatic rings. The van der Waals surface area contributed by atoms with E-state index in [9.17, 15) is 0 Å². The maximum atomic E-state index is 4.22. The van der Waals surface area contributed by atoms with Crippen molar-refractivity contribution < 1.29 is 0 Å². The van der Waals surface area contributed by atoms with E-state index >= 15 is 0 Å². The fourth-order valence-corrected chi connectivity index (χ4v) is 1.31. The van der Waals surface area contributed by atoms with Gasteiger partial charge in [-0.15, -0.1) is 10.2 Å². The SMILES string of the molecule is c1cnc2c(c1)cnc1nncn12. The molecule has 0 unspecified atom stereocenters. The third kappa shape index (κ3) is 0.807. The Kier molecular flexibility index (Phi) is 1.11. The molecule has 0 aliphatic carbocycles. The molecule has 0 aromatic carbocycles. The zero-order chi connectivity index (χ0) is 8.67. The first-order chi connectivity index (χ1) is 6.45. The highest BCUT2D eigenvalue weighted by Crippen LogP contribution is 2.09.